The molecule has 18 heavy (non-hydrogen) atoms. The van der Waals surface area contributed by atoms with Crippen molar-refractivity contribution in [3.05, 3.63) is 11.4 Å². The Bertz CT molecular complexity index is 543. The molecule has 0 amide bonds. The van der Waals surface area contributed by atoms with E-state index in [0.29, 0.717) is 11.0 Å². The third-order valence-corrected chi connectivity index (χ3v) is 3.53. The molecule has 0 aliphatic heterocycles. The summed E-state index contributed by atoms with van der Waals surface area (Å²) in [6.07, 6.45) is -4.60. The maximum Gasteiger partial charge on any atom is 0.522 e. The second-order valence-electron chi connectivity index (χ2n) is 3.17. The predicted octanol–water partition coefficient (Wildman–Crippen LogP) is 2.90. The number of hydrogen-bond donors (Lipinski definition) is 1. The zero-order chi connectivity index (χ0) is 13.2. The van der Waals surface area contributed by atoms with Gasteiger partial charge in [-0.05, 0) is 11.4 Å². The molecule has 2 aromatic heterocycles. The smallest absolute Gasteiger partial charge is 0.383 e. The largest absolute Gasteiger partial charge is 0.522 e. The molecule has 0 aliphatic carbocycles. The zero-order valence-corrected chi connectivity index (χ0v) is 10.5. The first-order chi connectivity index (χ1) is 8.46. The van der Waals surface area contributed by atoms with Crippen molar-refractivity contribution in [1.29, 1.82) is 0 Å². The van der Waals surface area contributed by atoms with Gasteiger partial charge in [0.15, 0.2) is 5.16 Å². The molecule has 9 heteroatoms. The van der Waals surface area contributed by atoms with E-state index in [4.69, 9.17) is 5.73 Å². The number of anilines is 1. The molecule has 0 radical (unpaired) electrons. The standard InChI is InChI=1S/C9H8F3N3OS2/c10-9(11,12)16-2-4-18-8-14-6(13)5-1-3-17-7(5)15-8/h1,3H,2,4H2,(H2,13,14,15). The summed E-state index contributed by atoms with van der Waals surface area (Å²) in [6, 6.07) is 1.80. The Kier molecular flexibility index (Phi) is 3.93. The van der Waals surface area contributed by atoms with Gasteiger partial charge in [-0.2, -0.15) is 0 Å². The molecule has 0 spiro atoms. The first kappa shape index (κ1) is 13.4. The number of alkyl halides is 3. The van der Waals surface area contributed by atoms with Gasteiger partial charge in [-0.3, -0.25) is 4.74 Å². The van der Waals surface area contributed by atoms with E-state index >= 15 is 0 Å². The van der Waals surface area contributed by atoms with E-state index in [1.165, 1.54) is 11.3 Å². The Morgan fingerprint density at radius 1 is 1.39 bits per heavy atom. The third kappa shape index (κ3) is 3.47. The number of nitrogens with zero attached hydrogens (tertiary/aromatic N) is 2. The lowest BCUT2D eigenvalue weighted by Gasteiger charge is -2.06. The average Bonchev–Trinajstić information content (AvgIpc) is 2.71. The van der Waals surface area contributed by atoms with Crippen molar-refractivity contribution in [3.63, 3.8) is 0 Å². The van der Waals surface area contributed by atoms with E-state index in [0.717, 1.165) is 22.0 Å². The summed E-state index contributed by atoms with van der Waals surface area (Å²) >= 11 is 2.48. The van der Waals surface area contributed by atoms with Crippen LogP contribution in [0.3, 0.4) is 0 Å². The molecule has 0 unspecified atom stereocenters. The monoisotopic (exact) mass is 295 g/mol. The van der Waals surface area contributed by atoms with E-state index in [1.54, 1.807) is 6.07 Å². The van der Waals surface area contributed by atoms with Gasteiger partial charge in [0.2, 0.25) is 0 Å². The van der Waals surface area contributed by atoms with Gasteiger partial charge in [0.05, 0.1) is 12.0 Å². The van der Waals surface area contributed by atoms with E-state index < -0.39 is 13.0 Å². The van der Waals surface area contributed by atoms with E-state index in [-0.39, 0.29) is 5.75 Å². The number of nitrogen functional groups attached to an aromatic ring is 1. The minimum Gasteiger partial charge on any atom is -0.383 e. The van der Waals surface area contributed by atoms with Crippen LogP contribution in [0.5, 0.6) is 0 Å². The summed E-state index contributed by atoms with van der Waals surface area (Å²) < 4.78 is 38.8. The molecular formula is C9H8F3N3OS2. The minimum absolute atomic E-state index is 0.107. The SMILES string of the molecule is Nc1nc(SCCOC(F)(F)F)nc2sccc12. The quantitative estimate of drug-likeness (QED) is 0.534. The Labute approximate surface area is 108 Å². The van der Waals surface area contributed by atoms with Crippen LogP contribution in [0.2, 0.25) is 0 Å². The Balaban J connectivity index is 1.95. The number of rotatable bonds is 4. The Morgan fingerprint density at radius 2 is 2.17 bits per heavy atom. The summed E-state index contributed by atoms with van der Waals surface area (Å²) in [7, 11) is 0. The van der Waals surface area contributed by atoms with Crippen molar-refractivity contribution in [1.82, 2.24) is 9.97 Å². The zero-order valence-electron chi connectivity index (χ0n) is 8.90. The van der Waals surface area contributed by atoms with Crippen molar-refractivity contribution in [2.75, 3.05) is 18.1 Å². The lowest BCUT2D eigenvalue weighted by molar-refractivity contribution is -0.322. The van der Waals surface area contributed by atoms with Gasteiger partial charge < -0.3 is 5.73 Å². The fourth-order valence-corrected chi connectivity index (χ4v) is 2.71. The van der Waals surface area contributed by atoms with Gasteiger partial charge in [-0.15, -0.1) is 24.5 Å². The van der Waals surface area contributed by atoms with Crippen molar-refractivity contribution < 1.29 is 17.9 Å². The number of ether oxygens (including phenoxy) is 1. The highest BCUT2D eigenvalue weighted by Crippen LogP contribution is 2.26. The van der Waals surface area contributed by atoms with E-state index in [2.05, 4.69) is 14.7 Å². The second kappa shape index (κ2) is 5.29. The van der Waals surface area contributed by atoms with Crippen LogP contribution < -0.4 is 5.73 Å². The molecular weight excluding hydrogens is 287 g/mol. The summed E-state index contributed by atoms with van der Waals surface area (Å²) in [5, 5.41) is 2.95. The molecule has 4 nitrogen and oxygen atoms in total. The van der Waals surface area contributed by atoms with Gasteiger partial charge in [-0.25, -0.2) is 9.97 Å². The molecule has 98 valence electrons. The van der Waals surface area contributed by atoms with E-state index in [9.17, 15) is 13.2 Å². The van der Waals surface area contributed by atoms with Crippen LogP contribution in [0.1, 0.15) is 0 Å². The van der Waals surface area contributed by atoms with Crippen molar-refractivity contribution in [3.8, 4) is 0 Å². The first-order valence-electron chi connectivity index (χ1n) is 4.80. The molecule has 0 aromatic carbocycles. The minimum atomic E-state index is -4.60. The highest BCUT2D eigenvalue weighted by Gasteiger charge is 2.28. The molecule has 2 aromatic rings. The number of nitrogens with two attached hydrogens (primary N) is 1. The summed E-state index contributed by atoms with van der Waals surface area (Å²) in [6.45, 7) is -0.445. The molecule has 2 N–H and O–H groups in total. The fraction of sp³-hybridized carbons (Fsp3) is 0.333. The van der Waals surface area contributed by atoms with E-state index in [1.807, 2.05) is 5.38 Å². The third-order valence-electron chi connectivity index (χ3n) is 1.91. The fourth-order valence-electron chi connectivity index (χ4n) is 1.21. The van der Waals surface area contributed by atoms with Gasteiger partial charge in [0.1, 0.15) is 10.6 Å². The maximum absolute atomic E-state index is 11.7. The highest BCUT2D eigenvalue weighted by atomic mass is 32.2. The van der Waals surface area contributed by atoms with Gasteiger partial charge in [0, 0.05) is 5.75 Å². The molecule has 0 saturated carbocycles. The number of fused-ring (bicyclic) bond motifs is 1. The van der Waals surface area contributed by atoms with Crippen LogP contribution in [0.15, 0.2) is 16.6 Å². The molecule has 0 aliphatic rings. The lowest BCUT2D eigenvalue weighted by atomic mass is 10.4. The number of hydrogen-bond acceptors (Lipinski definition) is 6. The second-order valence-corrected chi connectivity index (χ2v) is 5.13. The number of thiophene rings is 1. The highest BCUT2D eigenvalue weighted by molar-refractivity contribution is 7.99. The van der Waals surface area contributed by atoms with Crippen LogP contribution in [-0.4, -0.2) is 28.7 Å². The number of halogens is 3. The molecule has 0 fully saturated rings. The number of thioether (sulfide) groups is 1. The molecule has 2 rings (SSSR count). The Hall–Kier alpha value is -1.06. The molecule has 2 heterocycles. The molecule has 0 saturated heterocycles. The predicted molar refractivity (Wildman–Crippen MR) is 64.6 cm³/mol. The van der Waals surface area contributed by atoms with Crippen molar-refractivity contribution in [2.24, 2.45) is 0 Å². The van der Waals surface area contributed by atoms with Crippen LogP contribution in [0, 0.1) is 0 Å². The van der Waals surface area contributed by atoms with Crippen molar-refractivity contribution >= 4 is 39.1 Å². The summed E-state index contributed by atoms with van der Waals surface area (Å²) in [5.41, 5.74) is 5.71. The van der Waals surface area contributed by atoms with Gasteiger partial charge >= 0.3 is 6.36 Å². The van der Waals surface area contributed by atoms with Crippen LogP contribution in [0.25, 0.3) is 10.2 Å². The molecule has 0 atom stereocenters. The first-order valence-corrected chi connectivity index (χ1v) is 6.66. The maximum atomic E-state index is 11.7. The Morgan fingerprint density at radius 3 is 2.89 bits per heavy atom. The van der Waals surface area contributed by atoms with Crippen LogP contribution >= 0.6 is 23.1 Å². The van der Waals surface area contributed by atoms with Gasteiger partial charge in [0.25, 0.3) is 0 Å². The number of aromatic nitrogens is 2. The van der Waals surface area contributed by atoms with Crippen LogP contribution in [-0.2, 0) is 4.74 Å². The summed E-state index contributed by atoms with van der Waals surface area (Å²) in [5.74, 6) is 0.441. The van der Waals surface area contributed by atoms with Crippen molar-refractivity contribution in [2.45, 2.75) is 11.5 Å². The molecule has 0 bridgehead atoms. The topological polar surface area (TPSA) is 61.0 Å². The lowest BCUT2D eigenvalue weighted by Crippen LogP contribution is -2.15. The van der Waals surface area contributed by atoms with Crippen LogP contribution in [0.4, 0.5) is 19.0 Å². The average molecular weight is 295 g/mol. The summed E-state index contributed by atoms with van der Waals surface area (Å²) in [4.78, 5) is 8.91. The van der Waals surface area contributed by atoms with Gasteiger partial charge in [-0.1, -0.05) is 11.8 Å². The normalized spacial score (nSPS) is 12.2.